The molecule has 1 heterocycles. The molecule has 1 N–H and O–H groups in total. The van der Waals surface area contributed by atoms with E-state index < -0.39 is 11.4 Å². The average molecular weight is 256 g/mol. The number of hydrogen-bond donors (Lipinski definition) is 1. The van der Waals surface area contributed by atoms with E-state index in [9.17, 15) is 9.90 Å². The Kier molecular flexibility index (Phi) is 3.00. The Morgan fingerprint density at radius 3 is 2.71 bits per heavy atom. The fourth-order valence-electron chi connectivity index (χ4n) is 2.52. The second-order valence-electron chi connectivity index (χ2n) is 4.62. The number of methoxy groups -OCH3 is 1. The molecule has 0 spiro atoms. The van der Waals surface area contributed by atoms with E-state index in [1.165, 1.54) is 7.11 Å². The Labute approximate surface area is 105 Å². The van der Waals surface area contributed by atoms with E-state index >= 15 is 0 Å². The van der Waals surface area contributed by atoms with E-state index in [4.69, 9.17) is 16.3 Å². The topological polar surface area (TPSA) is 59.4 Å². The number of rotatable bonds is 3. The summed E-state index contributed by atoms with van der Waals surface area (Å²) in [4.78, 5) is 15.4. The summed E-state index contributed by atoms with van der Waals surface area (Å²) in [6, 6.07) is 3.27. The van der Waals surface area contributed by atoms with Gasteiger partial charge in [0.25, 0.3) is 0 Å². The fourth-order valence-corrected chi connectivity index (χ4v) is 2.72. The van der Waals surface area contributed by atoms with Crippen molar-refractivity contribution in [1.29, 1.82) is 0 Å². The lowest BCUT2D eigenvalue weighted by atomic mass is 9.59. The number of pyridine rings is 1. The molecule has 0 saturated heterocycles. The maximum Gasteiger partial charge on any atom is 0.314 e. The zero-order valence-electron chi connectivity index (χ0n) is 9.74. The Hall–Kier alpha value is -1.29. The van der Waals surface area contributed by atoms with Crippen molar-refractivity contribution in [2.75, 3.05) is 7.11 Å². The molecule has 1 aliphatic rings. The van der Waals surface area contributed by atoms with Gasteiger partial charge in [-0.05, 0) is 30.4 Å². The molecule has 4 nitrogen and oxygen atoms in total. The highest BCUT2D eigenvalue weighted by atomic mass is 35.5. The number of carbonyl (C=O) groups is 1. The number of halogens is 1. The van der Waals surface area contributed by atoms with Crippen LogP contribution in [0.4, 0.5) is 0 Å². The molecule has 0 bridgehead atoms. The Morgan fingerprint density at radius 2 is 2.24 bits per heavy atom. The van der Waals surface area contributed by atoms with E-state index in [1.807, 2.05) is 6.92 Å². The van der Waals surface area contributed by atoms with E-state index in [2.05, 4.69) is 4.98 Å². The lowest BCUT2D eigenvalue weighted by molar-refractivity contribution is -0.149. The zero-order chi connectivity index (χ0) is 12.6. The molecule has 1 aromatic rings. The molecule has 5 heteroatoms. The normalized spacial score (nSPS) is 27.4. The maximum absolute atomic E-state index is 11.5. The lowest BCUT2D eigenvalue weighted by Crippen LogP contribution is -2.47. The number of aliphatic carboxylic acids is 1. The van der Waals surface area contributed by atoms with Gasteiger partial charge in [-0.1, -0.05) is 18.5 Å². The van der Waals surface area contributed by atoms with Crippen molar-refractivity contribution in [2.45, 2.75) is 25.2 Å². The van der Waals surface area contributed by atoms with Gasteiger partial charge in [-0.3, -0.25) is 4.79 Å². The van der Waals surface area contributed by atoms with E-state index in [1.54, 1.807) is 12.1 Å². The minimum Gasteiger partial charge on any atom is -0.481 e. The highest BCUT2D eigenvalue weighted by Gasteiger charge is 2.50. The molecule has 92 valence electrons. The van der Waals surface area contributed by atoms with Gasteiger partial charge in [-0.15, -0.1) is 0 Å². The largest absolute Gasteiger partial charge is 0.481 e. The minimum absolute atomic E-state index is 0.263. The molecule has 1 saturated carbocycles. The van der Waals surface area contributed by atoms with Crippen molar-refractivity contribution in [2.24, 2.45) is 5.92 Å². The highest BCUT2D eigenvalue weighted by molar-refractivity contribution is 6.29. The summed E-state index contributed by atoms with van der Waals surface area (Å²) in [5.74, 6) is -0.0309. The van der Waals surface area contributed by atoms with Crippen LogP contribution in [0.15, 0.2) is 12.1 Å². The first-order valence-corrected chi connectivity index (χ1v) is 5.81. The fraction of sp³-hybridized carbons (Fsp3) is 0.500. The first-order valence-electron chi connectivity index (χ1n) is 5.43. The van der Waals surface area contributed by atoms with Crippen LogP contribution in [0.5, 0.6) is 5.88 Å². The molecule has 0 amide bonds. The van der Waals surface area contributed by atoms with Gasteiger partial charge in [0.05, 0.1) is 12.5 Å². The van der Waals surface area contributed by atoms with Crippen molar-refractivity contribution in [3.63, 3.8) is 0 Å². The van der Waals surface area contributed by atoms with Crippen molar-refractivity contribution in [1.82, 2.24) is 4.98 Å². The van der Waals surface area contributed by atoms with Gasteiger partial charge in [0, 0.05) is 6.07 Å². The third-order valence-corrected chi connectivity index (χ3v) is 3.53. The van der Waals surface area contributed by atoms with Gasteiger partial charge in [0.2, 0.25) is 5.88 Å². The third-order valence-electron chi connectivity index (χ3n) is 3.34. The predicted molar refractivity (Wildman–Crippen MR) is 63.5 cm³/mol. The average Bonchev–Trinajstić information content (AvgIpc) is 2.23. The van der Waals surface area contributed by atoms with Gasteiger partial charge in [-0.2, -0.15) is 0 Å². The van der Waals surface area contributed by atoms with Crippen LogP contribution < -0.4 is 4.74 Å². The second-order valence-corrected chi connectivity index (χ2v) is 5.01. The molecule has 0 atom stereocenters. The Balaban J connectivity index is 2.44. The van der Waals surface area contributed by atoms with Gasteiger partial charge < -0.3 is 9.84 Å². The van der Waals surface area contributed by atoms with Gasteiger partial charge in [-0.25, -0.2) is 4.98 Å². The van der Waals surface area contributed by atoms with Crippen LogP contribution in [0.3, 0.4) is 0 Å². The van der Waals surface area contributed by atoms with Crippen LogP contribution in [-0.4, -0.2) is 23.2 Å². The van der Waals surface area contributed by atoms with Crippen molar-refractivity contribution in [3.05, 3.63) is 22.8 Å². The number of ether oxygens (including phenoxy) is 1. The molecule has 0 aliphatic heterocycles. The van der Waals surface area contributed by atoms with E-state index in [0.717, 1.165) is 0 Å². The summed E-state index contributed by atoms with van der Waals surface area (Å²) in [6.45, 7) is 2.04. The molecule has 2 rings (SSSR count). The first kappa shape index (κ1) is 12.2. The van der Waals surface area contributed by atoms with Crippen molar-refractivity contribution < 1.29 is 14.6 Å². The van der Waals surface area contributed by atoms with Crippen LogP contribution in [0, 0.1) is 5.92 Å². The highest BCUT2D eigenvalue weighted by Crippen LogP contribution is 2.48. The lowest BCUT2D eigenvalue weighted by Gasteiger charge is -2.43. The zero-order valence-corrected chi connectivity index (χ0v) is 10.5. The second kappa shape index (κ2) is 4.18. The molecule has 1 fully saturated rings. The van der Waals surface area contributed by atoms with Crippen molar-refractivity contribution >= 4 is 17.6 Å². The molecule has 0 aromatic carbocycles. The van der Waals surface area contributed by atoms with Crippen LogP contribution in [0.2, 0.25) is 5.15 Å². The van der Waals surface area contributed by atoms with Gasteiger partial charge in [0.1, 0.15) is 5.15 Å². The Bertz CT molecular complexity index is 455. The summed E-state index contributed by atoms with van der Waals surface area (Å²) in [7, 11) is 1.49. The predicted octanol–water partition coefficient (Wildman–Crippen LogP) is 2.50. The third kappa shape index (κ3) is 1.97. The van der Waals surface area contributed by atoms with Gasteiger partial charge in [0.15, 0.2) is 0 Å². The van der Waals surface area contributed by atoms with Crippen LogP contribution in [0.25, 0.3) is 0 Å². The number of carboxylic acid groups (broad SMARTS) is 1. The van der Waals surface area contributed by atoms with Crippen LogP contribution in [-0.2, 0) is 10.2 Å². The van der Waals surface area contributed by atoms with Crippen LogP contribution >= 0.6 is 11.6 Å². The molecule has 1 aromatic heterocycles. The number of carboxylic acids is 1. The molecule has 0 unspecified atom stereocenters. The van der Waals surface area contributed by atoms with E-state index in [0.29, 0.717) is 30.2 Å². The minimum atomic E-state index is -0.820. The van der Waals surface area contributed by atoms with Gasteiger partial charge >= 0.3 is 5.97 Å². The van der Waals surface area contributed by atoms with E-state index in [-0.39, 0.29) is 5.15 Å². The molecule has 1 aliphatic carbocycles. The number of hydrogen-bond acceptors (Lipinski definition) is 3. The summed E-state index contributed by atoms with van der Waals surface area (Å²) >= 11 is 5.87. The summed E-state index contributed by atoms with van der Waals surface area (Å²) < 4.78 is 5.02. The van der Waals surface area contributed by atoms with Crippen LogP contribution in [0.1, 0.15) is 25.3 Å². The first-order chi connectivity index (χ1) is 7.98. The number of nitrogens with zero attached hydrogens (tertiary/aromatic N) is 1. The monoisotopic (exact) mass is 255 g/mol. The molecular formula is C12H14ClNO3. The summed E-state index contributed by atoms with van der Waals surface area (Å²) in [5, 5.41) is 9.67. The molecular weight excluding hydrogens is 242 g/mol. The van der Waals surface area contributed by atoms with Crippen molar-refractivity contribution in [3.8, 4) is 5.88 Å². The Morgan fingerprint density at radius 1 is 1.59 bits per heavy atom. The SMILES string of the molecule is COc1cc(C2(C(=O)O)CC(C)C2)cc(Cl)n1. The smallest absolute Gasteiger partial charge is 0.314 e. The number of aromatic nitrogens is 1. The summed E-state index contributed by atoms with van der Waals surface area (Å²) in [5.41, 5.74) is -0.140. The molecule has 0 radical (unpaired) electrons. The summed E-state index contributed by atoms with van der Waals surface area (Å²) in [6.07, 6.45) is 1.26. The molecule has 17 heavy (non-hydrogen) atoms. The maximum atomic E-state index is 11.5. The standard InChI is InChI=1S/C12H14ClNO3/c1-7-5-12(6-7,11(15)16)8-3-9(13)14-10(4-8)17-2/h3-4,7H,5-6H2,1-2H3,(H,15,16). The quantitative estimate of drug-likeness (QED) is 0.843.